The number of nitrogens with zero attached hydrogens (tertiary/aromatic N) is 4. The number of pyridine rings is 1. The Balaban J connectivity index is 1.34. The van der Waals surface area contributed by atoms with Crippen molar-refractivity contribution in [3.63, 3.8) is 0 Å². The van der Waals surface area contributed by atoms with Crippen LogP contribution in [0.1, 0.15) is 28.9 Å². The number of aromatic nitrogens is 3. The summed E-state index contributed by atoms with van der Waals surface area (Å²) >= 11 is 0. The van der Waals surface area contributed by atoms with Crippen LogP contribution in [0.3, 0.4) is 0 Å². The van der Waals surface area contributed by atoms with Crippen LogP contribution in [0.2, 0.25) is 0 Å². The number of likely N-dealkylation sites (tertiary alicyclic amines) is 1. The number of H-pyrrole nitrogens is 1. The summed E-state index contributed by atoms with van der Waals surface area (Å²) in [6.07, 6.45) is 4.38. The van der Waals surface area contributed by atoms with E-state index in [9.17, 15) is 14.0 Å². The molecule has 32 heavy (non-hydrogen) atoms. The average molecular weight is 434 g/mol. The Morgan fingerprint density at radius 1 is 1.16 bits per heavy atom. The van der Waals surface area contributed by atoms with Gasteiger partial charge < -0.3 is 15.1 Å². The molecule has 2 aromatic heterocycles. The number of carbonyl (C=O) groups is 2. The van der Waals surface area contributed by atoms with Gasteiger partial charge in [-0.05, 0) is 56.2 Å². The Kier molecular flexibility index (Phi) is 4.88. The number of hydrogen-bond acceptors (Lipinski definition) is 5. The third kappa shape index (κ3) is 3.21. The standard InChI is InChI=1S/C23H23FN6O2/c1-15-19(16-3-2-10-25-13-16)27-28-20(15)21(31)29-11-8-23(9-12-29)22(32)26-14-30(23)18-6-4-17(24)5-7-18/h2-7,10,13H,8-9,11-12,14H2,1H3,(H,26,32)(H,27,28). The van der Waals surface area contributed by atoms with Gasteiger partial charge in [0.15, 0.2) is 0 Å². The van der Waals surface area contributed by atoms with Gasteiger partial charge in [0.25, 0.3) is 5.91 Å². The van der Waals surface area contributed by atoms with E-state index in [0.29, 0.717) is 44.0 Å². The van der Waals surface area contributed by atoms with Crippen molar-refractivity contribution in [2.24, 2.45) is 0 Å². The zero-order valence-corrected chi connectivity index (χ0v) is 17.6. The lowest BCUT2D eigenvalue weighted by atomic mass is 9.85. The van der Waals surface area contributed by atoms with Crippen LogP contribution in [-0.2, 0) is 4.79 Å². The highest BCUT2D eigenvalue weighted by Crippen LogP contribution is 2.37. The first-order valence-corrected chi connectivity index (χ1v) is 10.6. The summed E-state index contributed by atoms with van der Waals surface area (Å²) in [5.41, 5.74) is 2.82. The molecule has 0 aliphatic carbocycles. The Morgan fingerprint density at radius 2 is 1.91 bits per heavy atom. The van der Waals surface area contributed by atoms with Crippen LogP contribution in [0.15, 0.2) is 48.8 Å². The van der Waals surface area contributed by atoms with Gasteiger partial charge in [0.1, 0.15) is 17.1 Å². The average Bonchev–Trinajstić information content (AvgIpc) is 3.35. The van der Waals surface area contributed by atoms with Crippen LogP contribution in [0.4, 0.5) is 10.1 Å². The molecule has 2 N–H and O–H groups in total. The summed E-state index contributed by atoms with van der Waals surface area (Å²) in [5, 5.41) is 10.1. The third-order valence-corrected chi connectivity index (χ3v) is 6.51. The van der Waals surface area contributed by atoms with Crippen molar-refractivity contribution in [3.05, 3.63) is 65.9 Å². The largest absolute Gasteiger partial charge is 0.339 e. The minimum absolute atomic E-state index is 0.0505. The molecule has 8 nitrogen and oxygen atoms in total. The molecule has 0 atom stereocenters. The first kappa shape index (κ1) is 20.2. The minimum atomic E-state index is -0.738. The lowest BCUT2D eigenvalue weighted by Crippen LogP contribution is -2.57. The fourth-order valence-electron chi connectivity index (χ4n) is 4.67. The Bertz CT molecular complexity index is 1150. The van der Waals surface area contributed by atoms with E-state index in [4.69, 9.17) is 0 Å². The number of benzene rings is 1. The van der Waals surface area contributed by atoms with Crippen molar-refractivity contribution < 1.29 is 14.0 Å². The van der Waals surface area contributed by atoms with Gasteiger partial charge in [0.05, 0.1) is 12.4 Å². The van der Waals surface area contributed by atoms with Crippen molar-refractivity contribution in [3.8, 4) is 11.3 Å². The molecule has 2 saturated heterocycles. The number of aromatic amines is 1. The molecule has 0 saturated carbocycles. The topological polar surface area (TPSA) is 94.2 Å². The zero-order chi connectivity index (χ0) is 22.3. The summed E-state index contributed by atoms with van der Waals surface area (Å²) in [7, 11) is 0. The van der Waals surface area contributed by atoms with Gasteiger partial charge in [-0.2, -0.15) is 5.10 Å². The number of carbonyl (C=O) groups excluding carboxylic acids is 2. The molecule has 9 heteroatoms. The molecule has 4 heterocycles. The van der Waals surface area contributed by atoms with Gasteiger partial charge in [-0.25, -0.2) is 4.39 Å². The molecule has 1 aromatic carbocycles. The number of rotatable bonds is 3. The molecule has 1 spiro atoms. The van der Waals surface area contributed by atoms with Crippen LogP contribution in [0, 0.1) is 12.7 Å². The van der Waals surface area contributed by atoms with Crippen LogP contribution < -0.4 is 10.2 Å². The predicted molar refractivity (Wildman–Crippen MR) is 116 cm³/mol. The molecule has 3 aromatic rings. The van der Waals surface area contributed by atoms with Gasteiger partial charge in [-0.15, -0.1) is 0 Å². The van der Waals surface area contributed by atoms with Crippen molar-refractivity contribution >= 4 is 17.5 Å². The molecular weight excluding hydrogens is 411 g/mol. The Morgan fingerprint density at radius 3 is 2.59 bits per heavy atom. The van der Waals surface area contributed by atoms with Crippen molar-refractivity contribution in [2.75, 3.05) is 24.7 Å². The molecule has 2 amide bonds. The third-order valence-electron chi connectivity index (χ3n) is 6.51. The van der Waals surface area contributed by atoms with Gasteiger partial charge in [-0.3, -0.25) is 19.7 Å². The summed E-state index contributed by atoms with van der Waals surface area (Å²) < 4.78 is 13.4. The molecule has 5 rings (SSSR count). The second-order valence-electron chi connectivity index (χ2n) is 8.21. The van der Waals surface area contributed by atoms with Gasteiger partial charge in [0.2, 0.25) is 5.91 Å². The fourth-order valence-corrected chi connectivity index (χ4v) is 4.67. The van der Waals surface area contributed by atoms with Gasteiger partial charge in [-0.1, -0.05) is 0 Å². The predicted octanol–water partition coefficient (Wildman–Crippen LogP) is 2.49. The molecule has 0 bridgehead atoms. The molecular formula is C23H23FN6O2. The van der Waals surface area contributed by atoms with Crippen molar-refractivity contribution in [1.82, 2.24) is 25.4 Å². The van der Waals surface area contributed by atoms with Gasteiger partial charge in [0, 0.05) is 42.3 Å². The van der Waals surface area contributed by atoms with Crippen LogP contribution in [0.5, 0.6) is 0 Å². The monoisotopic (exact) mass is 434 g/mol. The Labute approximate surface area is 184 Å². The summed E-state index contributed by atoms with van der Waals surface area (Å²) in [6.45, 7) is 3.10. The molecule has 164 valence electrons. The fraction of sp³-hybridized carbons (Fsp3) is 0.304. The SMILES string of the molecule is Cc1c(-c2cccnc2)n[nH]c1C(=O)N1CCC2(CC1)C(=O)NCN2c1ccc(F)cc1. The number of piperidine rings is 1. The first-order valence-electron chi connectivity index (χ1n) is 10.6. The van der Waals surface area contributed by atoms with Crippen LogP contribution >= 0.6 is 0 Å². The van der Waals surface area contributed by atoms with E-state index in [0.717, 1.165) is 16.8 Å². The maximum absolute atomic E-state index is 13.4. The number of anilines is 1. The lowest BCUT2D eigenvalue weighted by Gasteiger charge is -2.43. The van der Waals surface area contributed by atoms with Crippen molar-refractivity contribution in [2.45, 2.75) is 25.3 Å². The minimum Gasteiger partial charge on any atom is -0.339 e. The van der Waals surface area contributed by atoms with E-state index >= 15 is 0 Å². The molecule has 0 radical (unpaired) electrons. The molecule has 2 fully saturated rings. The maximum atomic E-state index is 13.4. The zero-order valence-electron chi connectivity index (χ0n) is 17.6. The molecule has 2 aliphatic rings. The highest BCUT2D eigenvalue weighted by Gasteiger charge is 2.51. The second-order valence-corrected chi connectivity index (χ2v) is 8.21. The highest BCUT2D eigenvalue weighted by atomic mass is 19.1. The quantitative estimate of drug-likeness (QED) is 0.661. The maximum Gasteiger partial charge on any atom is 0.272 e. The lowest BCUT2D eigenvalue weighted by molar-refractivity contribution is -0.124. The van der Waals surface area contributed by atoms with Crippen LogP contribution in [-0.4, -0.2) is 57.2 Å². The van der Waals surface area contributed by atoms with E-state index in [1.807, 2.05) is 24.0 Å². The van der Waals surface area contributed by atoms with E-state index < -0.39 is 5.54 Å². The van der Waals surface area contributed by atoms with Crippen LogP contribution in [0.25, 0.3) is 11.3 Å². The van der Waals surface area contributed by atoms with Gasteiger partial charge >= 0.3 is 0 Å². The summed E-state index contributed by atoms with van der Waals surface area (Å²) in [4.78, 5) is 33.9. The highest BCUT2D eigenvalue weighted by molar-refractivity contribution is 5.97. The van der Waals surface area contributed by atoms with E-state index in [1.165, 1.54) is 12.1 Å². The number of nitrogens with one attached hydrogen (secondary N) is 2. The van der Waals surface area contributed by atoms with E-state index in [-0.39, 0.29) is 17.6 Å². The van der Waals surface area contributed by atoms with E-state index in [1.54, 1.807) is 29.4 Å². The number of amides is 2. The second kappa shape index (κ2) is 7.74. The van der Waals surface area contributed by atoms with Crippen molar-refractivity contribution in [1.29, 1.82) is 0 Å². The summed E-state index contributed by atoms with van der Waals surface area (Å²) in [5.74, 6) is -0.500. The normalized spacial score (nSPS) is 17.6. The Hall–Kier alpha value is -3.75. The van der Waals surface area contributed by atoms with E-state index in [2.05, 4.69) is 20.5 Å². The molecule has 0 unspecified atom stereocenters. The number of hydrogen-bond donors (Lipinski definition) is 2. The number of halogens is 1. The smallest absolute Gasteiger partial charge is 0.272 e. The first-order chi connectivity index (χ1) is 15.5. The molecule has 2 aliphatic heterocycles. The summed E-state index contributed by atoms with van der Waals surface area (Å²) in [6, 6.07) is 9.88.